The molecule has 0 aromatic heterocycles. The van der Waals surface area contributed by atoms with Gasteiger partial charge in [-0.25, -0.2) is 0 Å². The Bertz CT molecular complexity index is 812. The Kier molecular flexibility index (Phi) is 5.31. The van der Waals surface area contributed by atoms with Crippen LogP contribution in [0.15, 0.2) is 54.6 Å². The second-order valence-corrected chi connectivity index (χ2v) is 6.33. The van der Waals surface area contributed by atoms with Crippen LogP contribution >= 0.6 is 0 Å². The molecule has 1 saturated heterocycles. The van der Waals surface area contributed by atoms with Crippen molar-refractivity contribution >= 4 is 23.4 Å². The van der Waals surface area contributed by atoms with Gasteiger partial charge in [0.2, 0.25) is 5.91 Å². The predicted molar refractivity (Wildman–Crippen MR) is 98.7 cm³/mol. The lowest BCUT2D eigenvalue weighted by atomic mass is 9.95. The van der Waals surface area contributed by atoms with Crippen LogP contribution in [-0.2, 0) is 4.79 Å². The molecule has 3 N–H and O–H groups in total. The van der Waals surface area contributed by atoms with Gasteiger partial charge in [-0.2, -0.15) is 0 Å². The summed E-state index contributed by atoms with van der Waals surface area (Å²) >= 11 is 0. The van der Waals surface area contributed by atoms with Gasteiger partial charge in [-0.3, -0.25) is 14.4 Å². The van der Waals surface area contributed by atoms with Gasteiger partial charge in [0, 0.05) is 24.6 Å². The van der Waals surface area contributed by atoms with Crippen molar-refractivity contribution in [2.45, 2.75) is 12.8 Å². The topological polar surface area (TPSA) is 92.5 Å². The molecule has 1 aliphatic rings. The Balaban J connectivity index is 1.74. The molecule has 0 aliphatic carbocycles. The summed E-state index contributed by atoms with van der Waals surface area (Å²) < 4.78 is 0. The fourth-order valence-electron chi connectivity index (χ4n) is 3.10. The Morgan fingerprint density at radius 2 is 1.54 bits per heavy atom. The van der Waals surface area contributed by atoms with Gasteiger partial charge in [0.1, 0.15) is 0 Å². The van der Waals surface area contributed by atoms with E-state index in [1.165, 1.54) is 0 Å². The number of primary amides is 1. The molecule has 0 spiro atoms. The van der Waals surface area contributed by atoms with Gasteiger partial charge in [0.15, 0.2) is 0 Å². The lowest BCUT2D eigenvalue weighted by Gasteiger charge is -2.31. The van der Waals surface area contributed by atoms with E-state index >= 15 is 0 Å². The van der Waals surface area contributed by atoms with Gasteiger partial charge in [-0.05, 0) is 37.1 Å². The summed E-state index contributed by atoms with van der Waals surface area (Å²) in [7, 11) is 0. The van der Waals surface area contributed by atoms with Crippen molar-refractivity contribution in [3.05, 3.63) is 65.7 Å². The molecule has 134 valence electrons. The zero-order valence-electron chi connectivity index (χ0n) is 14.4. The van der Waals surface area contributed by atoms with Crippen LogP contribution in [0.4, 0.5) is 5.69 Å². The fraction of sp³-hybridized carbons (Fsp3) is 0.250. The smallest absolute Gasteiger partial charge is 0.255 e. The maximum atomic E-state index is 12.9. The number of carbonyl (C=O) groups excluding carboxylic acids is 3. The third kappa shape index (κ3) is 3.91. The minimum absolute atomic E-state index is 0.156. The number of likely N-dealkylation sites (tertiary alicyclic amines) is 1. The van der Waals surface area contributed by atoms with Gasteiger partial charge in [0.25, 0.3) is 11.8 Å². The molecule has 0 unspecified atom stereocenters. The van der Waals surface area contributed by atoms with Crippen LogP contribution in [-0.4, -0.2) is 35.7 Å². The third-order valence-corrected chi connectivity index (χ3v) is 4.63. The van der Waals surface area contributed by atoms with E-state index in [1.807, 2.05) is 6.07 Å². The van der Waals surface area contributed by atoms with E-state index in [2.05, 4.69) is 5.32 Å². The van der Waals surface area contributed by atoms with Crippen molar-refractivity contribution in [2.75, 3.05) is 18.4 Å². The Hall–Kier alpha value is -3.15. The Labute approximate surface area is 152 Å². The van der Waals surface area contributed by atoms with E-state index in [-0.39, 0.29) is 23.6 Å². The van der Waals surface area contributed by atoms with Gasteiger partial charge in [0.05, 0.1) is 11.3 Å². The number of para-hydroxylation sites is 1. The minimum atomic E-state index is -0.312. The molecule has 0 saturated carbocycles. The Morgan fingerprint density at radius 3 is 2.19 bits per heavy atom. The number of benzene rings is 2. The molecule has 3 rings (SSSR count). The van der Waals surface area contributed by atoms with E-state index < -0.39 is 0 Å². The number of nitrogens with two attached hydrogens (primary N) is 1. The molecule has 26 heavy (non-hydrogen) atoms. The van der Waals surface area contributed by atoms with Crippen LogP contribution in [0.25, 0.3) is 0 Å². The molecule has 1 aliphatic heterocycles. The van der Waals surface area contributed by atoms with Gasteiger partial charge >= 0.3 is 0 Å². The number of hydrogen-bond donors (Lipinski definition) is 2. The van der Waals surface area contributed by atoms with Crippen LogP contribution < -0.4 is 11.1 Å². The van der Waals surface area contributed by atoms with Crippen molar-refractivity contribution in [1.29, 1.82) is 0 Å². The molecular weight excluding hydrogens is 330 g/mol. The van der Waals surface area contributed by atoms with Crippen LogP contribution in [0, 0.1) is 5.92 Å². The van der Waals surface area contributed by atoms with E-state index in [1.54, 1.807) is 53.4 Å². The molecule has 6 heteroatoms. The standard InChI is InChI=1S/C20H21N3O3/c21-18(24)14-10-12-23(13-11-14)20(26)16-8-4-5-9-17(16)22-19(25)15-6-2-1-3-7-15/h1-9,14H,10-13H2,(H2,21,24)(H,22,25). The molecule has 0 atom stereocenters. The summed E-state index contributed by atoms with van der Waals surface area (Å²) in [6.07, 6.45) is 1.14. The number of carbonyl (C=O) groups is 3. The first-order chi connectivity index (χ1) is 12.6. The quantitative estimate of drug-likeness (QED) is 0.885. The normalized spacial score (nSPS) is 14.7. The number of amides is 3. The van der Waals surface area contributed by atoms with Crippen molar-refractivity contribution in [2.24, 2.45) is 11.7 Å². The first kappa shape index (κ1) is 17.7. The summed E-state index contributed by atoms with van der Waals surface area (Å²) in [5, 5.41) is 2.81. The molecule has 2 aromatic carbocycles. The highest BCUT2D eigenvalue weighted by molar-refractivity contribution is 6.09. The second-order valence-electron chi connectivity index (χ2n) is 6.33. The van der Waals surface area contributed by atoms with Crippen molar-refractivity contribution in [3.63, 3.8) is 0 Å². The van der Waals surface area contributed by atoms with Crippen molar-refractivity contribution in [1.82, 2.24) is 4.90 Å². The highest BCUT2D eigenvalue weighted by Gasteiger charge is 2.27. The molecule has 2 aromatic rings. The number of nitrogens with one attached hydrogen (secondary N) is 1. The first-order valence-electron chi connectivity index (χ1n) is 8.60. The second kappa shape index (κ2) is 7.82. The molecular formula is C20H21N3O3. The first-order valence-corrected chi connectivity index (χ1v) is 8.60. The summed E-state index contributed by atoms with van der Waals surface area (Å²) in [6, 6.07) is 15.8. The SMILES string of the molecule is NC(=O)C1CCN(C(=O)c2ccccc2NC(=O)c2ccccc2)CC1. The lowest BCUT2D eigenvalue weighted by molar-refractivity contribution is -0.123. The summed E-state index contributed by atoms with van der Waals surface area (Å²) in [6.45, 7) is 0.959. The largest absolute Gasteiger partial charge is 0.369 e. The fourth-order valence-corrected chi connectivity index (χ4v) is 3.10. The zero-order valence-corrected chi connectivity index (χ0v) is 14.4. The van der Waals surface area contributed by atoms with Crippen LogP contribution in [0.5, 0.6) is 0 Å². The molecule has 0 bridgehead atoms. The van der Waals surface area contributed by atoms with Crippen LogP contribution in [0.3, 0.4) is 0 Å². The number of nitrogens with zero attached hydrogens (tertiary/aromatic N) is 1. The third-order valence-electron chi connectivity index (χ3n) is 4.63. The van der Waals surface area contributed by atoms with Crippen LogP contribution in [0.1, 0.15) is 33.6 Å². The zero-order chi connectivity index (χ0) is 18.5. The van der Waals surface area contributed by atoms with E-state index in [0.717, 1.165) is 0 Å². The van der Waals surface area contributed by atoms with Gasteiger partial charge < -0.3 is 16.0 Å². The van der Waals surface area contributed by atoms with Gasteiger partial charge in [-0.1, -0.05) is 30.3 Å². The number of piperidine rings is 1. The highest BCUT2D eigenvalue weighted by atomic mass is 16.2. The number of rotatable bonds is 4. The summed E-state index contributed by atoms with van der Waals surface area (Å²) in [4.78, 5) is 38.3. The average molecular weight is 351 g/mol. The van der Waals surface area contributed by atoms with E-state index in [9.17, 15) is 14.4 Å². The Morgan fingerprint density at radius 1 is 0.923 bits per heavy atom. The average Bonchev–Trinajstić information content (AvgIpc) is 2.68. The van der Waals surface area contributed by atoms with Gasteiger partial charge in [-0.15, -0.1) is 0 Å². The molecule has 3 amide bonds. The molecule has 0 radical (unpaired) electrons. The number of hydrogen-bond acceptors (Lipinski definition) is 3. The highest BCUT2D eigenvalue weighted by Crippen LogP contribution is 2.22. The minimum Gasteiger partial charge on any atom is -0.369 e. The molecule has 1 fully saturated rings. The van der Waals surface area contributed by atoms with E-state index in [0.29, 0.717) is 42.7 Å². The summed E-state index contributed by atoms with van der Waals surface area (Å²) in [5.74, 6) is -0.908. The lowest BCUT2D eigenvalue weighted by Crippen LogP contribution is -2.42. The molecule has 1 heterocycles. The van der Waals surface area contributed by atoms with Crippen molar-refractivity contribution in [3.8, 4) is 0 Å². The van der Waals surface area contributed by atoms with E-state index in [4.69, 9.17) is 5.73 Å². The maximum absolute atomic E-state index is 12.9. The summed E-state index contributed by atoms with van der Waals surface area (Å²) in [5.41, 5.74) is 6.78. The monoisotopic (exact) mass is 351 g/mol. The predicted octanol–water partition coefficient (Wildman–Crippen LogP) is 2.28. The molecule has 6 nitrogen and oxygen atoms in total. The maximum Gasteiger partial charge on any atom is 0.255 e. The van der Waals surface area contributed by atoms with Crippen molar-refractivity contribution < 1.29 is 14.4 Å². The number of anilines is 1. The van der Waals surface area contributed by atoms with Crippen LogP contribution in [0.2, 0.25) is 0 Å².